The van der Waals surface area contributed by atoms with Crippen molar-refractivity contribution in [3.63, 3.8) is 0 Å². The zero-order chi connectivity index (χ0) is 8.88. The Morgan fingerprint density at radius 3 is 2.42 bits per heavy atom. The fourth-order valence-electron chi connectivity index (χ4n) is 1.40. The largest absolute Gasteiger partial charge is 0.118 e. The quantitative estimate of drug-likeness (QED) is 0.580. The number of hydrogen-bond acceptors (Lipinski definition) is 1. The molecular weight excluding hydrogens is 302 g/mol. The normalized spacial score (nSPS) is 27.7. The van der Waals surface area contributed by atoms with Crippen LogP contribution in [0.2, 0.25) is 8.67 Å². The molecule has 0 saturated heterocycles. The third-order valence-corrected chi connectivity index (χ3v) is 4.83. The van der Waals surface area contributed by atoms with Gasteiger partial charge in [0.25, 0.3) is 0 Å². The average Bonchev–Trinajstić information content (AvgIpc) is 2.38. The second-order valence-corrected chi connectivity index (χ2v) is 6.50. The first-order chi connectivity index (χ1) is 5.61. The van der Waals surface area contributed by atoms with Crippen LogP contribution in [0.1, 0.15) is 27.8 Å². The highest BCUT2D eigenvalue weighted by Crippen LogP contribution is 2.55. The summed E-state index contributed by atoms with van der Waals surface area (Å²) in [4.78, 5) is 0.270. The molecule has 0 unspecified atom stereocenters. The first-order valence-electron chi connectivity index (χ1n) is 3.37. The summed E-state index contributed by atoms with van der Waals surface area (Å²) in [5.41, 5.74) is 2.11. The van der Waals surface area contributed by atoms with Crippen LogP contribution in [0.25, 0.3) is 0 Å². The van der Waals surface area contributed by atoms with Gasteiger partial charge in [-0.25, -0.2) is 0 Å². The zero-order valence-electron chi connectivity index (χ0n) is 5.78. The first-order valence-corrected chi connectivity index (χ1v) is 6.29. The molecule has 0 aromatic carbocycles. The second kappa shape index (κ2) is 3.32. The van der Waals surface area contributed by atoms with Crippen molar-refractivity contribution in [2.24, 2.45) is 0 Å². The summed E-state index contributed by atoms with van der Waals surface area (Å²) < 4.78 is 1.50. The summed E-state index contributed by atoms with van der Waals surface area (Å²) in [7, 11) is 0. The van der Waals surface area contributed by atoms with Crippen molar-refractivity contribution in [2.75, 3.05) is 0 Å². The van der Waals surface area contributed by atoms with Gasteiger partial charge in [0.1, 0.15) is 0 Å². The van der Waals surface area contributed by atoms with Crippen molar-refractivity contribution in [3.8, 4) is 0 Å². The van der Waals surface area contributed by atoms with E-state index in [1.807, 2.05) is 0 Å². The number of thiophene rings is 1. The third kappa shape index (κ3) is 1.32. The summed E-state index contributed by atoms with van der Waals surface area (Å²) in [5.74, 6) is 0. The Morgan fingerprint density at radius 1 is 1.25 bits per heavy atom. The van der Waals surface area contributed by atoms with Gasteiger partial charge in [0, 0.05) is 16.0 Å². The van der Waals surface area contributed by atoms with Crippen molar-refractivity contribution in [1.82, 2.24) is 0 Å². The Labute approximate surface area is 97.9 Å². The smallest absolute Gasteiger partial charge is 0.0994 e. The highest BCUT2D eigenvalue weighted by Gasteiger charge is 2.34. The van der Waals surface area contributed by atoms with Crippen LogP contribution < -0.4 is 0 Å². The van der Waals surface area contributed by atoms with Crippen molar-refractivity contribution in [2.45, 2.75) is 16.6 Å². The number of alkyl halides is 2. The number of fused-ring (bicyclic) bond motifs is 1. The van der Waals surface area contributed by atoms with Crippen molar-refractivity contribution in [1.29, 1.82) is 0 Å². The average molecular weight is 306 g/mol. The van der Waals surface area contributed by atoms with Gasteiger partial charge in [-0.1, -0.05) is 39.1 Å². The molecule has 0 fully saturated rings. The van der Waals surface area contributed by atoms with Crippen LogP contribution in [0, 0.1) is 0 Å². The highest BCUT2D eigenvalue weighted by atomic mass is 79.9. The topological polar surface area (TPSA) is 0 Å². The van der Waals surface area contributed by atoms with Gasteiger partial charge in [0.2, 0.25) is 0 Å². The van der Waals surface area contributed by atoms with E-state index in [2.05, 4.69) is 15.9 Å². The number of halogens is 4. The van der Waals surface area contributed by atoms with Crippen LogP contribution in [-0.2, 0) is 0 Å². The Bertz CT molecular complexity index is 294. The molecule has 0 spiro atoms. The minimum Gasteiger partial charge on any atom is -0.118 e. The van der Waals surface area contributed by atoms with Gasteiger partial charge >= 0.3 is 0 Å². The Kier molecular flexibility index (Phi) is 2.66. The van der Waals surface area contributed by atoms with Crippen LogP contribution in [0.5, 0.6) is 0 Å². The molecule has 1 aromatic rings. The summed E-state index contributed by atoms with van der Waals surface area (Å²) in [5, 5.41) is 0.0145. The maximum Gasteiger partial charge on any atom is 0.0994 e. The molecule has 5 heteroatoms. The molecule has 1 aromatic heterocycles. The molecule has 0 radical (unpaired) electrons. The molecule has 1 aliphatic carbocycles. The van der Waals surface area contributed by atoms with E-state index < -0.39 is 0 Å². The molecule has 0 amide bonds. The molecule has 0 saturated carbocycles. The monoisotopic (exact) mass is 304 g/mol. The molecule has 0 aliphatic heterocycles. The van der Waals surface area contributed by atoms with E-state index in [9.17, 15) is 0 Å². The number of rotatable bonds is 0. The maximum atomic E-state index is 6.09. The van der Waals surface area contributed by atoms with Gasteiger partial charge in [-0.3, -0.25) is 0 Å². The van der Waals surface area contributed by atoms with Crippen molar-refractivity contribution >= 4 is 62.1 Å². The van der Waals surface area contributed by atoms with Gasteiger partial charge in [0.15, 0.2) is 0 Å². The van der Waals surface area contributed by atoms with Crippen LogP contribution in [0.3, 0.4) is 0 Å². The molecule has 66 valence electrons. The van der Waals surface area contributed by atoms with Gasteiger partial charge in [-0.05, 0) is 6.42 Å². The van der Waals surface area contributed by atoms with Crippen molar-refractivity contribution < 1.29 is 0 Å². The lowest BCUT2D eigenvalue weighted by atomic mass is 10.2. The van der Waals surface area contributed by atoms with E-state index >= 15 is 0 Å². The molecule has 1 heterocycles. The fourth-order valence-corrected chi connectivity index (χ4v) is 5.20. The summed E-state index contributed by atoms with van der Waals surface area (Å²) in [6.45, 7) is 0. The lowest BCUT2D eigenvalue weighted by molar-refractivity contribution is 0.874. The molecule has 0 bridgehead atoms. The van der Waals surface area contributed by atoms with E-state index in [1.165, 1.54) is 11.3 Å². The van der Waals surface area contributed by atoms with E-state index in [4.69, 9.17) is 34.8 Å². The minimum atomic E-state index is 0.0145. The molecule has 2 rings (SSSR count). The third-order valence-electron chi connectivity index (χ3n) is 1.93. The molecule has 12 heavy (non-hydrogen) atoms. The van der Waals surface area contributed by atoms with Gasteiger partial charge in [0.05, 0.1) is 14.0 Å². The molecule has 1 aliphatic rings. The van der Waals surface area contributed by atoms with Crippen LogP contribution in [0.4, 0.5) is 0 Å². The summed E-state index contributed by atoms with van der Waals surface area (Å²) >= 11 is 23.0. The molecule has 0 N–H and O–H groups in total. The maximum absolute atomic E-state index is 6.09. The van der Waals surface area contributed by atoms with Crippen molar-refractivity contribution in [3.05, 3.63) is 19.8 Å². The second-order valence-electron chi connectivity index (χ2n) is 2.65. The lowest BCUT2D eigenvalue weighted by Gasteiger charge is -1.99. The standard InChI is InChI=1S/C7H4BrCl3S/c8-2-1-3(9)5-4(2)6(10)12-7(5)11/h2-3H,1H2/t2-,3-/m0/s1. The fraction of sp³-hybridized carbons (Fsp3) is 0.429. The van der Waals surface area contributed by atoms with Gasteiger partial charge in [-0.2, -0.15) is 0 Å². The summed E-state index contributed by atoms with van der Waals surface area (Å²) in [6.07, 6.45) is 0.874. The Morgan fingerprint density at radius 2 is 1.83 bits per heavy atom. The Balaban J connectivity index is 2.62. The Hall–Kier alpha value is 1.05. The lowest BCUT2D eigenvalue weighted by Crippen LogP contribution is -1.78. The SMILES string of the molecule is Clc1sc(Cl)c2c1[C@@H](Cl)C[C@@H]2Br. The van der Waals surface area contributed by atoms with Crippen LogP contribution in [-0.4, -0.2) is 0 Å². The predicted octanol–water partition coefficient (Wildman–Crippen LogP) is 5.17. The van der Waals surface area contributed by atoms with E-state index in [0.29, 0.717) is 0 Å². The predicted molar refractivity (Wildman–Crippen MR) is 59.2 cm³/mol. The van der Waals surface area contributed by atoms with E-state index in [1.54, 1.807) is 0 Å². The van der Waals surface area contributed by atoms with E-state index in [-0.39, 0.29) is 10.2 Å². The van der Waals surface area contributed by atoms with Gasteiger partial charge in [-0.15, -0.1) is 22.9 Å². The van der Waals surface area contributed by atoms with Crippen LogP contribution in [0.15, 0.2) is 0 Å². The summed E-state index contributed by atoms with van der Waals surface area (Å²) in [6, 6.07) is 0. The molecular formula is C7H4BrCl3S. The highest BCUT2D eigenvalue weighted by molar-refractivity contribution is 9.09. The minimum absolute atomic E-state index is 0.0145. The molecule has 2 atom stereocenters. The van der Waals surface area contributed by atoms with E-state index in [0.717, 1.165) is 26.2 Å². The number of hydrogen-bond donors (Lipinski definition) is 0. The van der Waals surface area contributed by atoms with Gasteiger partial charge < -0.3 is 0 Å². The molecule has 0 nitrogen and oxygen atoms in total. The first kappa shape index (κ1) is 9.60. The zero-order valence-corrected chi connectivity index (χ0v) is 10.5. The van der Waals surface area contributed by atoms with Crippen LogP contribution >= 0.6 is 62.1 Å².